The highest BCUT2D eigenvalue weighted by atomic mass is 35.5. The second kappa shape index (κ2) is 9.71. The van der Waals surface area contributed by atoms with Gasteiger partial charge in [-0.1, -0.05) is 23.7 Å². The number of benzene rings is 1. The molecule has 4 aromatic rings. The highest BCUT2D eigenvalue weighted by molar-refractivity contribution is 6.30. The second-order valence-corrected chi connectivity index (χ2v) is 9.97. The maximum absolute atomic E-state index is 14.0. The number of pyridine rings is 2. The molecule has 1 aliphatic rings. The Kier molecular flexibility index (Phi) is 6.56. The molecule has 3 aromatic heterocycles. The molecule has 1 aliphatic heterocycles. The summed E-state index contributed by atoms with van der Waals surface area (Å²) >= 11 is 5.93. The molecule has 198 valence electrons. The zero-order valence-corrected chi connectivity index (χ0v) is 21.9. The van der Waals surface area contributed by atoms with E-state index in [9.17, 15) is 18.8 Å². The van der Waals surface area contributed by atoms with Crippen LogP contribution in [0.25, 0.3) is 22.1 Å². The van der Waals surface area contributed by atoms with Gasteiger partial charge >= 0.3 is 0 Å². The molecule has 5 rings (SSSR count). The maximum atomic E-state index is 14.0. The van der Waals surface area contributed by atoms with E-state index >= 15 is 0 Å². The summed E-state index contributed by atoms with van der Waals surface area (Å²) < 4.78 is 22.5. The minimum atomic E-state index is -1.46. The van der Waals surface area contributed by atoms with Gasteiger partial charge < -0.3 is 15.0 Å². The second-order valence-electron chi connectivity index (χ2n) is 9.54. The summed E-state index contributed by atoms with van der Waals surface area (Å²) in [6.45, 7) is 3.30. The quantitative estimate of drug-likeness (QED) is 0.386. The van der Waals surface area contributed by atoms with E-state index in [1.807, 2.05) is 6.92 Å². The largest absolute Gasteiger partial charge is 0.465 e. The third-order valence-electron chi connectivity index (χ3n) is 6.48. The standard InChI is InChI=1S/C26H26ClFN6O4/c1-4-38-25-31-19-11-29-22-17(21(19)32(25)3)9-18(23(36)30-10-15-5-7-16(27)8-6-15)24(37)34(22)12-20(35)33-13-26(2,28)14-33/h5-9,11H,4,10,12-14H2,1-3H3,(H,30,36). The highest BCUT2D eigenvalue weighted by Gasteiger charge is 2.41. The van der Waals surface area contributed by atoms with Crippen LogP contribution in [-0.2, 0) is 24.9 Å². The fourth-order valence-electron chi connectivity index (χ4n) is 4.61. The van der Waals surface area contributed by atoms with Gasteiger partial charge in [-0.15, -0.1) is 0 Å². The Morgan fingerprint density at radius 3 is 2.61 bits per heavy atom. The smallest absolute Gasteiger partial charge is 0.297 e. The van der Waals surface area contributed by atoms with Crippen molar-refractivity contribution in [2.75, 3.05) is 19.7 Å². The molecule has 0 spiro atoms. The molecule has 1 aromatic carbocycles. The van der Waals surface area contributed by atoms with Crippen molar-refractivity contribution in [3.05, 3.63) is 63.0 Å². The molecule has 0 saturated carbocycles. The molecule has 4 heterocycles. The van der Waals surface area contributed by atoms with Crippen molar-refractivity contribution in [1.82, 2.24) is 29.3 Å². The molecular weight excluding hydrogens is 515 g/mol. The summed E-state index contributed by atoms with van der Waals surface area (Å²) in [4.78, 5) is 49.9. The first-order valence-corrected chi connectivity index (χ1v) is 12.5. The first kappa shape index (κ1) is 25.7. The van der Waals surface area contributed by atoms with Crippen molar-refractivity contribution in [2.45, 2.75) is 32.6 Å². The minimum absolute atomic E-state index is 0.0586. The number of aryl methyl sites for hydroxylation is 1. The normalized spacial score (nSPS) is 14.5. The molecule has 0 aliphatic carbocycles. The fourth-order valence-corrected chi connectivity index (χ4v) is 4.74. The monoisotopic (exact) mass is 540 g/mol. The molecule has 0 unspecified atom stereocenters. The molecule has 0 bridgehead atoms. The summed E-state index contributed by atoms with van der Waals surface area (Å²) in [5.41, 5.74) is -0.201. The summed E-state index contributed by atoms with van der Waals surface area (Å²) in [6.07, 6.45) is 1.49. The zero-order valence-electron chi connectivity index (χ0n) is 21.1. The van der Waals surface area contributed by atoms with Crippen LogP contribution in [0.4, 0.5) is 4.39 Å². The van der Waals surface area contributed by atoms with E-state index in [0.29, 0.717) is 34.1 Å². The van der Waals surface area contributed by atoms with Gasteiger partial charge in [-0.3, -0.25) is 23.5 Å². The maximum Gasteiger partial charge on any atom is 0.297 e. The van der Waals surface area contributed by atoms with Crippen LogP contribution in [-0.4, -0.2) is 61.2 Å². The van der Waals surface area contributed by atoms with Crippen LogP contribution in [0, 0.1) is 0 Å². The van der Waals surface area contributed by atoms with Crippen molar-refractivity contribution in [3.8, 4) is 6.01 Å². The van der Waals surface area contributed by atoms with Crippen LogP contribution in [0.15, 0.2) is 41.3 Å². The van der Waals surface area contributed by atoms with Gasteiger partial charge in [-0.2, -0.15) is 4.98 Å². The summed E-state index contributed by atoms with van der Waals surface area (Å²) in [5.74, 6) is -1.05. The van der Waals surface area contributed by atoms with E-state index in [0.717, 1.165) is 10.1 Å². The predicted octanol–water partition coefficient (Wildman–Crippen LogP) is 2.84. The molecular formula is C26H26ClFN6O4. The number of aromatic nitrogens is 4. The van der Waals surface area contributed by atoms with Gasteiger partial charge in [0, 0.05) is 24.0 Å². The lowest BCUT2D eigenvalue weighted by Gasteiger charge is -2.42. The molecule has 1 fully saturated rings. The average Bonchev–Trinajstić information content (AvgIpc) is 3.19. The van der Waals surface area contributed by atoms with Crippen LogP contribution >= 0.6 is 11.6 Å². The van der Waals surface area contributed by atoms with Gasteiger partial charge in [0.1, 0.15) is 28.9 Å². The predicted molar refractivity (Wildman–Crippen MR) is 140 cm³/mol. The lowest BCUT2D eigenvalue weighted by Crippen LogP contribution is -2.60. The van der Waals surface area contributed by atoms with Gasteiger partial charge in [0.25, 0.3) is 17.5 Å². The van der Waals surface area contributed by atoms with Crippen molar-refractivity contribution in [2.24, 2.45) is 7.05 Å². The van der Waals surface area contributed by atoms with Crippen LogP contribution in [0.1, 0.15) is 29.8 Å². The van der Waals surface area contributed by atoms with Crippen molar-refractivity contribution >= 4 is 45.5 Å². The number of fused-ring (bicyclic) bond motifs is 3. The molecule has 0 atom stereocenters. The number of hydrogen-bond acceptors (Lipinski definition) is 6. The van der Waals surface area contributed by atoms with Crippen LogP contribution in [0.2, 0.25) is 5.02 Å². The van der Waals surface area contributed by atoms with Gasteiger partial charge in [-0.25, -0.2) is 9.37 Å². The fraction of sp³-hybridized carbons (Fsp3) is 0.346. The molecule has 38 heavy (non-hydrogen) atoms. The van der Waals surface area contributed by atoms with Crippen LogP contribution < -0.4 is 15.6 Å². The Bertz CT molecular complexity index is 1620. The number of ether oxygens (including phenoxy) is 1. The van der Waals surface area contributed by atoms with Gasteiger partial charge in [0.05, 0.1) is 31.4 Å². The van der Waals surface area contributed by atoms with E-state index in [2.05, 4.69) is 15.3 Å². The Hall–Kier alpha value is -3.99. The van der Waals surface area contributed by atoms with E-state index < -0.39 is 29.6 Å². The van der Waals surface area contributed by atoms with E-state index in [1.54, 1.807) is 35.9 Å². The first-order chi connectivity index (χ1) is 18.1. The van der Waals surface area contributed by atoms with E-state index in [1.165, 1.54) is 24.1 Å². The Labute approximate surface area is 222 Å². The number of nitrogens with zero attached hydrogens (tertiary/aromatic N) is 5. The van der Waals surface area contributed by atoms with Gasteiger partial charge in [-0.05, 0) is 37.6 Å². The Morgan fingerprint density at radius 1 is 1.24 bits per heavy atom. The third-order valence-corrected chi connectivity index (χ3v) is 6.73. The number of halogens is 2. The molecule has 1 saturated heterocycles. The average molecular weight is 541 g/mol. The van der Waals surface area contributed by atoms with Crippen LogP contribution in [0.3, 0.4) is 0 Å². The first-order valence-electron chi connectivity index (χ1n) is 12.1. The Balaban J connectivity index is 1.59. The number of rotatable bonds is 7. The topological polar surface area (TPSA) is 111 Å². The number of amides is 2. The summed E-state index contributed by atoms with van der Waals surface area (Å²) in [6, 6.07) is 8.76. The molecule has 2 amide bonds. The number of imidazole rings is 1. The zero-order chi connectivity index (χ0) is 27.2. The molecule has 0 radical (unpaired) electrons. The van der Waals surface area contributed by atoms with Crippen molar-refractivity contribution in [1.29, 1.82) is 0 Å². The SMILES string of the molecule is CCOc1nc2cnc3c(cc(C(=O)NCc4ccc(Cl)cc4)c(=O)n3CC(=O)N3CC(C)(F)C3)c2n1C. The van der Waals surface area contributed by atoms with Crippen molar-refractivity contribution < 1.29 is 18.7 Å². The lowest BCUT2D eigenvalue weighted by molar-refractivity contribution is -0.144. The number of alkyl halides is 1. The van der Waals surface area contributed by atoms with Gasteiger partial charge in [0.2, 0.25) is 5.91 Å². The molecule has 12 heteroatoms. The van der Waals surface area contributed by atoms with Crippen LogP contribution in [0.5, 0.6) is 6.01 Å². The number of carbonyl (C=O) groups excluding carboxylic acids is 2. The number of carbonyl (C=O) groups is 2. The van der Waals surface area contributed by atoms with E-state index in [4.69, 9.17) is 16.3 Å². The highest BCUT2D eigenvalue weighted by Crippen LogP contribution is 2.28. The van der Waals surface area contributed by atoms with E-state index in [-0.39, 0.29) is 30.8 Å². The molecule has 1 N–H and O–H groups in total. The number of likely N-dealkylation sites (tertiary alicyclic amines) is 1. The Morgan fingerprint density at radius 2 is 1.95 bits per heavy atom. The summed E-state index contributed by atoms with van der Waals surface area (Å²) in [7, 11) is 1.75. The third kappa shape index (κ3) is 4.69. The lowest BCUT2D eigenvalue weighted by atomic mass is 9.99. The number of hydrogen-bond donors (Lipinski definition) is 1. The van der Waals surface area contributed by atoms with Gasteiger partial charge in [0.15, 0.2) is 0 Å². The number of nitrogens with one attached hydrogen (secondary N) is 1. The summed E-state index contributed by atoms with van der Waals surface area (Å²) in [5, 5.41) is 3.77. The molecule has 10 nitrogen and oxygen atoms in total. The van der Waals surface area contributed by atoms with Crippen molar-refractivity contribution in [3.63, 3.8) is 0 Å². The minimum Gasteiger partial charge on any atom is -0.465 e.